The minimum atomic E-state index is -1.82. The van der Waals surface area contributed by atoms with E-state index in [9.17, 15) is 4.79 Å². The van der Waals surface area contributed by atoms with Crippen LogP contribution < -0.4 is 5.73 Å². The molecule has 1 saturated heterocycles. The van der Waals surface area contributed by atoms with E-state index >= 15 is 0 Å². The zero-order valence-corrected chi connectivity index (χ0v) is 13.2. The number of rotatable bonds is 3. The number of halogens is 1. The van der Waals surface area contributed by atoms with Crippen LogP contribution in [0.3, 0.4) is 0 Å². The van der Waals surface area contributed by atoms with Crippen molar-refractivity contribution in [2.45, 2.75) is 19.4 Å². The van der Waals surface area contributed by atoms with Crippen molar-refractivity contribution < 1.29 is 24.6 Å². The van der Waals surface area contributed by atoms with Gasteiger partial charge in [-0.1, -0.05) is 23.7 Å². The number of primary amides is 1. The summed E-state index contributed by atoms with van der Waals surface area (Å²) >= 11 is 5.84. The zero-order chi connectivity index (χ0) is 17.4. The van der Waals surface area contributed by atoms with Crippen LogP contribution in [0.5, 0.6) is 0 Å². The highest BCUT2D eigenvalue weighted by Crippen LogP contribution is 2.19. The smallest absolute Gasteiger partial charge is 0.414 e. The number of carboxylic acid groups (broad SMARTS) is 2. The van der Waals surface area contributed by atoms with Crippen LogP contribution in [-0.2, 0) is 20.9 Å². The molecule has 1 aromatic rings. The lowest BCUT2D eigenvalue weighted by Crippen LogP contribution is -2.38. The van der Waals surface area contributed by atoms with E-state index in [2.05, 4.69) is 4.90 Å². The van der Waals surface area contributed by atoms with Crippen molar-refractivity contribution in [2.24, 2.45) is 11.7 Å². The summed E-state index contributed by atoms with van der Waals surface area (Å²) in [4.78, 5) is 31.6. The third-order valence-electron chi connectivity index (χ3n) is 3.49. The summed E-state index contributed by atoms with van der Waals surface area (Å²) in [5, 5.41) is 15.5. The van der Waals surface area contributed by atoms with Crippen molar-refractivity contribution in [1.82, 2.24) is 4.90 Å². The maximum Gasteiger partial charge on any atom is 0.414 e. The number of piperidine rings is 1. The maximum absolute atomic E-state index is 11.0. The number of hydrogen-bond acceptors (Lipinski definition) is 4. The van der Waals surface area contributed by atoms with E-state index in [1.807, 2.05) is 24.3 Å². The SMILES string of the molecule is NC(=O)C1CCN(Cc2ccc(Cl)cc2)CC1.O=C(O)C(=O)O. The lowest BCUT2D eigenvalue weighted by molar-refractivity contribution is -0.159. The Labute approximate surface area is 138 Å². The molecule has 0 saturated carbocycles. The summed E-state index contributed by atoms with van der Waals surface area (Å²) in [6, 6.07) is 7.91. The molecule has 0 unspecified atom stereocenters. The molecule has 126 valence electrons. The van der Waals surface area contributed by atoms with E-state index in [0.29, 0.717) is 0 Å². The second-order valence-electron chi connectivity index (χ2n) is 5.19. The predicted octanol–water partition coefficient (Wildman–Crippen LogP) is 1.19. The van der Waals surface area contributed by atoms with E-state index in [0.717, 1.165) is 37.5 Å². The standard InChI is InChI=1S/C13H17ClN2O.C2H2O4/c14-12-3-1-10(2-4-12)9-16-7-5-11(6-8-16)13(15)17;3-1(4)2(5)6/h1-4,11H,5-9H2,(H2,15,17);(H,3,4)(H,5,6). The molecule has 0 spiro atoms. The molecule has 2 rings (SSSR count). The van der Waals surface area contributed by atoms with E-state index in [1.54, 1.807) is 0 Å². The fourth-order valence-corrected chi connectivity index (χ4v) is 2.35. The van der Waals surface area contributed by atoms with Crippen molar-refractivity contribution in [2.75, 3.05) is 13.1 Å². The van der Waals surface area contributed by atoms with Crippen LogP contribution in [0.15, 0.2) is 24.3 Å². The van der Waals surface area contributed by atoms with Gasteiger partial charge in [-0.15, -0.1) is 0 Å². The Hall–Kier alpha value is -2.12. The normalized spacial score (nSPS) is 15.3. The molecular weight excluding hydrogens is 324 g/mol. The summed E-state index contributed by atoms with van der Waals surface area (Å²) in [5.74, 6) is -3.74. The Morgan fingerprint density at radius 2 is 1.57 bits per heavy atom. The summed E-state index contributed by atoms with van der Waals surface area (Å²) in [5.41, 5.74) is 6.57. The second-order valence-corrected chi connectivity index (χ2v) is 5.63. The van der Waals surface area contributed by atoms with Gasteiger partial charge in [-0.3, -0.25) is 9.69 Å². The largest absolute Gasteiger partial charge is 0.473 e. The number of nitrogens with two attached hydrogens (primary N) is 1. The lowest BCUT2D eigenvalue weighted by atomic mass is 9.96. The van der Waals surface area contributed by atoms with Crippen LogP contribution >= 0.6 is 11.6 Å². The van der Waals surface area contributed by atoms with Gasteiger partial charge < -0.3 is 15.9 Å². The molecule has 1 amide bonds. The molecule has 0 bridgehead atoms. The Bertz CT molecular complexity index is 541. The van der Waals surface area contributed by atoms with Crippen molar-refractivity contribution in [3.63, 3.8) is 0 Å². The number of benzene rings is 1. The van der Waals surface area contributed by atoms with Gasteiger partial charge in [0.05, 0.1) is 0 Å². The van der Waals surface area contributed by atoms with Crippen molar-refractivity contribution in [3.8, 4) is 0 Å². The number of hydrogen-bond donors (Lipinski definition) is 3. The molecule has 23 heavy (non-hydrogen) atoms. The van der Waals surface area contributed by atoms with Gasteiger partial charge in [0.15, 0.2) is 0 Å². The van der Waals surface area contributed by atoms with Gasteiger partial charge in [-0.05, 0) is 43.6 Å². The van der Waals surface area contributed by atoms with Crippen LogP contribution in [0.4, 0.5) is 0 Å². The second kappa shape index (κ2) is 9.12. The number of likely N-dealkylation sites (tertiary alicyclic amines) is 1. The average molecular weight is 343 g/mol. The monoisotopic (exact) mass is 342 g/mol. The van der Waals surface area contributed by atoms with Crippen LogP contribution in [0.25, 0.3) is 0 Å². The maximum atomic E-state index is 11.0. The molecule has 0 aromatic heterocycles. The van der Waals surface area contributed by atoms with E-state index < -0.39 is 11.9 Å². The van der Waals surface area contributed by atoms with Gasteiger partial charge in [0.25, 0.3) is 0 Å². The third kappa shape index (κ3) is 7.12. The summed E-state index contributed by atoms with van der Waals surface area (Å²) < 4.78 is 0. The number of carbonyl (C=O) groups is 3. The lowest BCUT2D eigenvalue weighted by Gasteiger charge is -2.30. The van der Waals surface area contributed by atoms with Gasteiger partial charge in [-0.2, -0.15) is 0 Å². The first-order chi connectivity index (χ1) is 10.8. The molecule has 1 aliphatic rings. The number of carbonyl (C=O) groups excluding carboxylic acids is 1. The Balaban J connectivity index is 0.000000379. The number of aliphatic carboxylic acids is 2. The summed E-state index contributed by atoms with van der Waals surface area (Å²) in [6.45, 7) is 2.80. The van der Waals surface area contributed by atoms with Gasteiger partial charge in [0.1, 0.15) is 0 Å². The van der Waals surface area contributed by atoms with Crippen molar-refractivity contribution >= 4 is 29.4 Å². The molecule has 1 aromatic carbocycles. The Kier molecular flexibility index (Phi) is 7.50. The number of nitrogens with zero attached hydrogens (tertiary/aromatic N) is 1. The average Bonchev–Trinajstić information content (AvgIpc) is 2.50. The highest BCUT2D eigenvalue weighted by molar-refractivity contribution is 6.30. The van der Waals surface area contributed by atoms with Crippen LogP contribution in [0, 0.1) is 5.92 Å². The van der Waals surface area contributed by atoms with Crippen molar-refractivity contribution in [1.29, 1.82) is 0 Å². The van der Waals surface area contributed by atoms with Crippen LogP contribution in [0.2, 0.25) is 5.02 Å². The fraction of sp³-hybridized carbons (Fsp3) is 0.400. The van der Waals surface area contributed by atoms with Crippen LogP contribution in [0.1, 0.15) is 18.4 Å². The number of amides is 1. The van der Waals surface area contributed by atoms with Crippen LogP contribution in [-0.4, -0.2) is 46.0 Å². The molecule has 1 fully saturated rings. The summed E-state index contributed by atoms with van der Waals surface area (Å²) in [6.07, 6.45) is 1.76. The minimum absolute atomic E-state index is 0.0662. The van der Waals surface area contributed by atoms with Gasteiger partial charge in [-0.25, -0.2) is 9.59 Å². The van der Waals surface area contributed by atoms with Gasteiger partial charge >= 0.3 is 11.9 Å². The molecule has 8 heteroatoms. The quantitative estimate of drug-likeness (QED) is 0.709. The molecule has 1 heterocycles. The predicted molar refractivity (Wildman–Crippen MR) is 83.9 cm³/mol. The molecule has 4 N–H and O–H groups in total. The highest BCUT2D eigenvalue weighted by Gasteiger charge is 2.22. The fourth-order valence-electron chi connectivity index (χ4n) is 2.22. The third-order valence-corrected chi connectivity index (χ3v) is 3.74. The molecule has 0 radical (unpaired) electrons. The Morgan fingerprint density at radius 1 is 1.09 bits per heavy atom. The minimum Gasteiger partial charge on any atom is -0.473 e. The van der Waals surface area contributed by atoms with Gasteiger partial charge in [0, 0.05) is 17.5 Å². The number of carboxylic acids is 2. The summed E-state index contributed by atoms with van der Waals surface area (Å²) in [7, 11) is 0. The first kappa shape index (κ1) is 18.9. The van der Waals surface area contributed by atoms with Gasteiger partial charge in [0.2, 0.25) is 5.91 Å². The first-order valence-corrected chi connectivity index (χ1v) is 7.39. The van der Waals surface area contributed by atoms with E-state index in [4.69, 9.17) is 37.1 Å². The Morgan fingerprint density at radius 3 is 1.96 bits per heavy atom. The molecule has 7 nitrogen and oxygen atoms in total. The topological polar surface area (TPSA) is 121 Å². The van der Waals surface area contributed by atoms with E-state index in [-0.39, 0.29) is 11.8 Å². The molecular formula is C15H19ClN2O5. The molecule has 1 aliphatic heterocycles. The highest BCUT2D eigenvalue weighted by atomic mass is 35.5. The van der Waals surface area contributed by atoms with Crippen molar-refractivity contribution in [3.05, 3.63) is 34.9 Å². The van der Waals surface area contributed by atoms with E-state index in [1.165, 1.54) is 5.56 Å². The molecule has 0 atom stereocenters. The first-order valence-electron chi connectivity index (χ1n) is 7.02. The zero-order valence-electron chi connectivity index (χ0n) is 12.4. The molecule has 0 aliphatic carbocycles.